The average molecular weight is 295 g/mol. The summed E-state index contributed by atoms with van der Waals surface area (Å²) in [6.45, 7) is 2.73. The lowest BCUT2D eigenvalue weighted by atomic mass is 9.77. The minimum Gasteiger partial charge on any atom is -0.398 e. The molecule has 2 heterocycles. The SMILES string of the molecule is CC1(c2cc(C=N)c(N)c(C=O)c2)CNc2cnc(N)cc21. The van der Waals surface area contributed by atoms with E-state index >= 15 is 0 Å². The Morgan fingerprint density at radius 3 is 2.73 bits per heavy atom. The topological polar surface area (TPSA) is 118 Å². The Morgan fingerprint density at radius 2 is 2.05 bits per heavy atom. The van der Waals surface area contributed by atoms with Gasteiger partial charge in [0.25, 0.3) is 0 Å². The summed E-state index contributed by atoms with van der Waals surface area (Å²) in [5, 5.41) is 10.8. The fraction of sp³-hybridized carbons (Fsp3) is 0.188. The molecule has 6 nitrogen and oxygen atoms in total. The number of nitrogens with zero attached hydrogens (tertiary/aromatic N) is 1. The first-order chi connectivity index (χ1) is 10.5. The molecule has 1 unspecified atom stereocenters. The van der Waals surface area contributed by atoms with Crippen molar-refractivity contribution in [1.29, 1.82) is 5.41 Å². The van der Waals surface area contributed by atoms with Crippen LogP contribution in [0.5, 0.6) is 0 Å². The van der Waals surface area contributed by atoms with Gasteiger partial charge in [-0.2, -0.15) is 0 Å². The van der Waals surface area contributed by atoms with Gasteiger partial charge in [-0.15, -0.1) is 0 Å². The zero-order valence-corrected chi connectivity index (χ0v) is 12.2. The highest BCUT2D eigenvalue weighted by Crippen LogP contribution is 2.42. The Balaban J connectivity index is 2.22. The monoisotopic (exact) mass is 295 g/mol. The molecule has 0 bridgehead atoms. The van der Waals surface area contributed by atoms with Gasteiger partial charge in [0.1, 0.15) is 5.82 Å². The van der Waals surface area contributed by atoms with Crippen LogP contribution in [0.2, 0.25) is 0 Å². The van der Waals surface area contributed by atoms with Crippen LogP contribution in [0.25, 0.3) is 0 Å². The molecule has 1 aliphatic heterocycles. The van der Waals surface area contributed by atoms with Gasteiger partial charge in [-0.25, -0.2) is 4.98 Å². The maximum atomic E-state index is 11.3. The fourth-order valence-corrected chi connectivity index (χ4v) is 2.93. The first-order valence-electron chi connectivity index (χ1n) is 6.89. The maximum absolute atomic E-state index is 11.3. The number of carbonyl (C=O) groups excluding carboxylic acids is 1. The van der Waals surface area contributed by atoms with E-state index in [-0.39, 0.29) is 5.41 Å². The van der Waals surface area contributed by atoms with Gasteiger partial charge in [0.2, 0.25) is 0 Å². The Labute approximate surface area is 128 Å². The van der Waals surface area contributed by atoms with E-state index < -0.39 is 0 Å². The first-order valence-corrected chi connectivity index (χ1v) is 6.89. The van der Waals surface area contributed by atoms with Crippen LogP contribution >= 0.6 is 0 Å². The molecule has 2 aromatic rings. The van der Waals surface area contributed by atoms with Crippen molar-refractivity contribution in [2.24, 2.45) is 0 Å². The second-order valence-electron chi connectivity index (χ2n) is 5.67. The van der Waals surface area contributed by atoms with Gasteiger partial charge in [0.05, 0.1) is 17.6 Å². The first kappa shape index (κ1) is 14.1. The van der Waals surface area contributed by atoms with Crippen molar-refractivity contribution in [2.75, 3.05) is 23.3 Å². The predicted octanol–water partition coefficient (Wildman–Crippen LogP) is 1.79. The molecule has 0 aliphatic carbocycles. The molecular weight excluding hydrogens is 278 g/mol. The molecular formula is C16H17N5O. The van der Waals surface area contributed by atoms with E-state index in [1.54, 1.807) is 12.3 Å². The van der Waals surface area contributed by atoms with E-state index in [1.807, 2.05) is 12.1 Å². The van der Waals surface area contributed by atoms with E-state index in [1.165, 1.54) is 6.21 Å². The molecule has 22 heavy (non-hydrogen) atoms. The predicted molar refractivity (Wildman–Crippen MR) is 87.7 cm³/mol. The quantitative estimate of drug-likeness (QED) is 0.391. The molecule has 6 N–H and O–H groups in total. The van der Waals surface area contributed by atoms with Crippen molar-refractivity contribution < 1.29 is 4.79 Å². The molecule has 1 aromatic carbocycles. The van der Waals surface area contributed by atoms with Crippen LogP contribution in [0, 0.1) is 5.41 Å². The van der Waals surface area contributed by atoms with Crippen LogP contribution < -0.4 is 16.8 Å². The third kappa shape index (κ3) is 1.92. The van der Waals surface area contributed by atoms with Crippen LogP contribution in [0.1, 0.15) is 34.0 Å². The number of hydrogen-bond acceptors (Lipinski definition) is 6. The number of nitrogen functional groups attached to an aromatic ring is 2. The number of anilines is 3. The van der Waals surface area contributed by atoms with Crippen molar-refractivity contribution >= 4 is 29.7 Å². The van der Waals surface area contributed by atoms with Gasteiger partial charge in [-0.3, -0.25) is 4.79 Å². The summed E-state index contributed by atoms with van der Waals surface area (Å²) in [5.41, 5.74) is 15.5. The Morgan fingerprint density at radius 1 is 1.32 bits per heavy atom. The van der Waals surface area contributed by atoms with Crippen molar-refractivity contribution in [2.45, 2.75) is 12.3 Å². The van der Waals surface area contributed by atoms with Gasteiger partial charge < -0.3 is 22.2 Å². The van der Waals surface area contributed by atoms with Crippen LogP contribution in [-0.4, -0.2) is 24.0 Å². The summed E-state index contributed by atoms with van der Waals surface area (Å²) in [4.78, 5) is 15.4. The van der Waals surface area contributed by atoms with Gasteiger partial charge >= 0.3 is 0 Å². The molecule has 0 fully saturated rings. The minimum absolute atomic E-state index is 0.331. The number of pyridine rings is 1. The fourth-order valence-electron chi connectivity index (χ4n) is 2.93. The summed E-state index contributed by atoms with van der Waals surface area (Å²) in [6.07, 6.45) is 3.60. The maximum Gasteiger partial charge on any atom is 0.152 e. The molecule has 1 aliphatic rings. The summed E-state index contributed by atoms with van der Waals surface area (Å²) in [7, 11) is 0. The molecule has 112 valence electrons. The smallest absolute Gasteiger partial charge is 0.152 e. The van der Waals surface area contributed by atoms with Crippen LogP contribution in [-0.2, 0) is 5.41 Å². The molecule has 6 heteroatoms. The van der Waals surface area contributed by atoms with E-state index in [0.29, 0.717) is 29.2 Å². The average Bonchev–Trinajstić information content (AvgIpc) is 2.85. The number of benzene rings is 1. The van der Waals surface area contributed by atoms with Gasteiger partial charge in [-0.05, 0) is 36.2 Å². The number of aldehydes is 1. The molecule has 1 aromatic heterocycles. The van der Waals surface area contributed by atoms with Crippen molar-refractivity contribution in [3.63, 3.8) is 0 Å². The second-order valence-corrected chi connectivity index (χ2v) is 5.67. The standard InChI is InChI=1S/C16H17N5O/c1-16(8-21-13-6-20-14(18)4-12(13)16)11-2-9(5-17)15(19)10(3-11)7-22/h2-7,17,21H,8,19H2,1H3,(H2,18,20). The molecule has 0 spiro atoms. The lowest BCUT2D eigenvalue weighted by Crippen LogP contribution is -2.26. The minimum atomic E-state index is -0.365. The zero-order valence-electron chi connectivity index (χ0n) is 12.2. The molecule has 0 saturated carbocycles. The number of hydrogen-bond donors (Lipinski definition) is 4. The molecule has 0 radical (unpaired) electrons. The highest BCUT2D eigenvalue weighted by atomic mass is 16.1. The van der Waals surface area contributed by atoms with Crippen LogP contribution in [0.3, 0.4) is 0 Å². The van der Waals surface area contributed by atoms with Gasteiger partial charge in [0.15, 0.2) is 6.29 Å². The lowest BCUT2D eigenvalue weighted by Gasteiger charge is -2.26. The van der Waals surface area contributed by atoms with Crippen LogP contribution in [0.4, 0.5) is 17.2 Å². The number of carbonyl (C=O) groups is 1. The van der Waals surface area contributed by atoms with E-state index in [2.05, 4.69) is 17.2 Å². The lowest BCUT2D eigenvalue weighted by molar-refractivity contribution is 0.112. The normalized spacial score (nSPS) is 19.3. The summed E-state index contributed by atoms with van der Waals surface area (Å²) in [5.74, 6) is 0.451. The highest BCUT2D eigenvalue weighted by molar-refractivity contribution is 5.94. The van der Waals surface area contributed by atoms with Crippen molar-refractivity contribution in [3.8, 4) is 0 Å². The Kier molecular flexibility index (Phi) is 3.09. The number of nitrogens with one attached hydrogen (secondary N) is 2. The van der Waals surface area contributed by atoms with E-state index in [9.17, 15) is 4.79 Å². The Bertz CT molecular complexity index is 757. The third-order valence-electron chi connectivity index (χ3n) is 4.32. The third-order valence-corrected chi connectivity index (χ3v) is 4.32. The van der Waals surface area contributed by atoms with Gasteiger partial charge in [0, 0.05) is 29.3 Å². The number of nitrogens with two attached hydrogens (primary N) is 2. The number of aromatic nitrogens is 1. The zero-order chi connectivity index (χ0) is 15.9. The largest absolute Gasteiger partial charge is 0.398 e. The summed E-state index contributed by atoms with van der Waals surface area (Å²) in [6, 6.07) is 5.47. The van der Waals surface area contributed by atoms with Crippen molar-refractivity contribution in [3.05, 3.63) is 46.6 Å². The molecule has 0 amide bonds. The highest BCUT2D eigenvalue weighted by Gasteiger charge is 2.37. The van der Waals surface area contributed by atoms with E-state index in [0.717, 1.165) is 23.1 Å². The molecule has 1 atom stereocenters. The van der Waals surface area contributed by atoms with Crippen LogP contribution in [0.15, 0.2) is 24.4 Å². The molecule has 3 rings (SSSR count). The number of fused-ring (bicyclic) bond motifs is 1. The second kappa shape index (κ2) is 4.84. The number of rotatable bonds is 3. The molecule has 0 saturated heterocycles. The Hall–Kier alpha value is -2.89. The summed E-state index contributed by atoms with van der Waals surface area (Å²) >= 11 is 0. The van der Waals surface area contributed by atoms with Crippen molar-refractivity contribution in [1.82, 2.24) is 4.98 Å². The van der Waals surface area contributed by atoms with E-state index in [4.69, 9.17) is 16.9 Å². The summed E-state index contributed by atoms with van der Waals surface area (Å²) < 4.78 is 0. The van der Waals surface area contributed by atoms with Gasteiger partial charge in [-0.1, -0.05) is 0 Å².